The van der Waals surface area contributed by atoms with Crippen molar-refractivity contribution < 1.29 is 5.11 Å². The summed E-state index contributed by atoms with van der Waals surface area (Å²) in [6.07, 6.45) is 1.33. The Morgan fingerprint density at radius 2 is 1.89 bits per heavy atom. The molecule has 0 amide bonds. The van der Waals surface area contributed by atoms with Gasteiger partial charge in [-0.05, 0) is 36.2 Å². The Bertz CT molecular complexity index is 533. The summed E-state index contributed by atoms with van der Waals surface area (Å²) in [6, 6.07) is 12.4. The second-order valence-corrected chi connectivity index (χ2v) is 6.18. The van der Waals surface area contributed by atoms with Gasteiger partial charge in [0.05, 0.1) is 6.10 Å². The minimum Gasteiger partial charge on any atom is -0.388 e. The summed E-state index contributed by atoms with van der Waals surface area (Å²) in [5.74, 6) is 0. The summed E-state index contributed by atoms with van der Waals surface area (Å²) in [6.45, 7) is 2.16. The summed E-state index contributed by atoms with van der Waals surface area (Å²) >= 11 is 1.80. The van der Waals surface area contributed by atoms with Crippen molar-refractivity contribution in [2.45, 2.75) is 25.9 Å². The molecule has 102 valence electrons. The van der Waals surface area contributed by atoms with Crippen molar-refractivity contribution in [2.75, 3.05) is 19.0 Å². The number of nitrogens with zero attached hydrogens (tertiary/aromatic N) is 1. The molecule has 2 nitrogen and oxygen atoms in total. The van der Waals surface area contributed by atoms with Gasteiger partial charge >= 0.3 is 0 Å². The molecule has 0 aliphatic carbocycles. The third kappa shape index (κ3) is 3.58. The molecular weight excluding hydrogens is 254 g/mol. The minimum absolute atomic E-state index is 0.428. The first-order valence-electron chi connectivity index (χ1n) is 6.63. The van der Waals surface area contributed by atoms with Crippen LogP contribution in [0.3, 0.4) is 0 Å². The van der Waals surface area contributed by atoms with Crippen LogP contribution in [0, 0.1) is 0 Å². The van der Waals surface area contributed by atoms with E-state index < -0.39 is 6.10 Å². The van der Waals surface area contributed by atoms with Gasteiger partial charge in [0.25, 0.3) is 0 Å². The molecule has 0 aliphatic heterocycles. The Kier molecular flexibility index (Phi) is 4.61. The number of hydrogen-bond donors (Lipinski definition) is 1. The van der Waals surface area contributed by atoms with Gasteiger partial charge in [-0.25, -0.2) is 0 Å². The van der Waals surface area contributed by atoms with Gasteiger partial charge < -0.3 is 10.0 Å². The first-order chi connectivity index (χ1) is 9.10. The molecular formula is C16H21NOS. The SMILES string of the molecule is CCc1ccc(CC(O)c2cccc(N(C)C)c2)s1. The highest BCUT2D eigenvalue weighted by Crippen LogP contribution is 2.26. The number of rotatable bonds is 5. The summed E-state index contributed by atoms with van der Waals surface area (Å²) in [5, 5.41) is 10.4. The zero-order valence-electron chi connectivity index (χ0n) is 11.8. The Morgan fingerprint density at radius 3 is 2.53 bits per heavy atom. The summed E-state index contributed by atoms with van der Waals surface area (Å²) in [7, 11) is 4.02. The number of aryl methyl sites for hydroxylation is 1. The zero-order chi connectivity index (χ0) is 13.8. The van der Waals surface area contributed by atoms with Crippen LogP contribution in [0.25, 0.3) is 0 Å². The van der Waals surface area contributed by atoms with E-state index in [4.69, 9.17) is 0 Å². The van der Waals surface area contributed by atoms with Crippen molar-refractivity contribution in [2.24, 2.45) is 0 Å². The van der Waals surface area contributed by atoms with E-state index in [-0.39, 0.29) is 0 Å². The van der Waals surface area contributed by atoms with Crippen LogP contribution >= 0.6 is 11.3 Å². The van der Waals surface area contributed by atoms with Gasteiger partial charge in [0.15, 0.2) is 0 Å². The van der Waals surface area contributed by atoms with E-state index in [0.717, 1.165) is 17.7 Å². The molecule has 0 aliphatic rings. The third-order valence-corrected chi connectivity index (χ3v) is 4.48. The van der Waals surface area contributed by atoms with Crippen molar-refractivity contribution in [1.29, 1.82) is 0 Å². The van der Waals surface area contributed by atoms with Crippen molar-refractivity contribution in [3.8, 4) is 0 Å². The Hall–Kier alpha value is -1.32. The van der Waals surface area contributed by atoms with E-state index in [0.29, 0.717) is 6.42 Å². The van der Waals surface area contributed by atoms with E-state index in [1.165, 1.54) is 9.75 Å². The van der Waals surface area contributed by atoms with E-state index in [9.17, 15) is 5.11 Å². The fourth-order valence-corrected chi connectivity index (χ4v) is 3.04. The lowest BCUT2D eigenvalue weighted by Gasteiger charge is -2.16. The topological polar surface area (TPSA) is 23.5 Å². The predicted octanol–water partition coefficient (Wildman–Crippen LogP) is 3.65. The monoisotopic (exact) mass is 275 g/mol. The number of aliphatic hydroxyl groups excluding tert-OH is 1. The van der Waals surface area contributed by atoms with Gasteiger partial charge in [-0.2, -0.15) is 0 Å². The van der Waals surface area contributed by atoms with Crippen molar-refractivity contribution in [3.63, 3.8) is 0 Å². The van der Waals surface area contributed by atoms with Crippen LogP contribution in [-0.4, -0.2) is 19.2 Å². The maximum absolute atomic E-state index is 10.4. The summed E-state index contributed by atoms with van der Waals surface area (Å²) in [5.41, 5.74) is 2.11. The molecule has 1 unspecified atom stereocenters. The van der Waals surface area contributed by atoms with E-state index in [1.54, 1.807) is 11.3 Å². The van der Waals surface area contributed by atoms with Crippen LogP contribution < -0.4 is 4.90 Å². The van der Waals surface area contributed by atoms with E-state index in [1.807, 2.05) is 26.2 Å². The maximum Gasteiger partial charge on any atom is 0.0839 e. The van der Waals surface area contributed by atoms with Gasteiger partial charge in [0, 0.05) is 36.0 Å². The summed E-state index contributed by atoms with van der Waals surface area (Å²) < 4.78 is 0. The van der Waals surface area contributed by atoms with Gasteiger partial charge in [-0.15, -0.1) is 11.3 Å². The first kappa shape index (κ1) is 14.1. The summed E-state index contributed by atoms with van der Waals surface area (Å²) in [4.78, 5) is 4.68. The first-order valence-corrected chi connectivity index (χ1v) is 7.44. The number of anilines is 1. The molecule has 1 aromatic heterocycles. The van der Waals surface area contributed by atoms with Crippen LogP contribution in [0.2, 0.25) is 0 Å². The van der Waals surface area contributed by atoms with Gasteiger partial charge in [0.1, 0.15) is 0 Å². The molecule has 0 saturated heterocycles. The highest BCUT2D eigenvalue weighted by molar-refractivity contribution is 7.11. The second kappa shape index (κ2) is 6.22. The Balaban J connectivity index is 2.10. The number of aliphatic hydroxyl groups is 1. The quantitative estimate of drug-likeness (QED) is 0.900. The lowest BCUT2D eigenvalue weighted by Crippen LogP contribution is -2.09. The second-order valence-electron chi connectivity index (χ2n) is 4.93. The zero-order valence-corrected chi connectivity index (χ0v) is 12.6. The molecule has 2 rings (SSSR count). The average molecular weight is 275 g/mol. The molecule has 0 spiro atoms. The molecule has 0 fully saturated rings. The smallest absolute Gasteiger partial charge is 0.0839 e. The molecule has 3 heteroatoms. The number of benzene rings is 1. The molecule has 1 heterocycles. The van der Waals surface area contributed by atoms with Crippen LogP contribution in [0.15, 0.2) is 36.4 Å². The molecule has 0 saturated carbocycles. The van der Waals surface area contributed by atoms with Crippen LogP contribution in [0.4, 0.5) is 5.69 Å². The molecule has 1 aromatic carbocycles. The van der Waals surface area contributed by atoms with E-state index in [2.05, 4.69) is 36.1 Å². The highest BCUT2D eigenvalue weighted by Gasteiger charge is 2.11. The molecule has 19 heavy (non-hydrogen) atoms. The third-order valence-electron chi connectivity index (χ3n) is 3.23. The van der Waals surface area contributed by atoms with Crippen molar-refractivity contribution >= 4 is 17.0 Å². The number of thiophene rings is 1. The van der Waals surface area contributed by atoms with Gasteiger partial charge in [-0.1, -0.05) is 19.1 Å². The molecule has 0 bridgehead atoms. The van der Waals surface area contributed by atoms with E-state index >= 15 is 0 Å². The molecule has 1 atom stereocenters. The highest BCUT2D eigenvalue weighted by atomic mass is 32.1. The molecule has 0 radical (unpaired) electrons. The van der Waals surface area contributed by atoms with Crippen LogP contribution in [-0.2, 0) is 12.8 Å². The van der Waals surface area contributed by atoms with Gasteiger partial charge in [0.2, 0.25) is 0 Å². The average Bonchev–Trinajstić information content (AvgIpc) is 2.86. The minimum atomic E-state index is -0.428. The number of hydrogen-bond acceptors (Lipinski definition) is 3. The molecule has 1 N–H and O–H groups in total. The van der Waals surface area contributed by atoms with Crippen LogP contribution in [0.1, 0.15) is 28.3 Å². The normalized spacial score (nSPS) is 12.4. The predicted molar refractivity (Wildman–Crippen MR) is 83.1 cm³/mol. The lowest BCUT2D eigenvalue weighted by molar-refractivity contribution is 0.179. The van der Waals surface area contributed by atoms with Gasteiger partial charge in [-0.3, -0.25) is 0 Å². The van der Waals surface area contributed by atoms with Crippen molar-refractivity contribution in [3.05, 3.63) is 51.7 Å². The maximum atomic E-state index is 10.4. The Morgan fingerprint density at radius 1 is 1.16 bits per heavy atom. The fraction of sp³-hybridized carbons (Fsp3) is 0.375. The van der Waals surface area contributed by atoms with Crippen molar-refractivity contribution in [1.82, 2.24) is 0 Å². The Labute approximate surface area is 119 Å². The van der Waals surface area contributed by atoms with Crippen LogP contribution in [0.5, 0.6) is 0 Å². The standard InChI is InChI=1S/C16H21NOS/c1-4-14-8-9-15(19-14)11-16(18)12-6-5-7-13(10-12)17(2)3/h5-10,16,18H,4,11H2,1-3H3. The largest absolute Gasteiger partial charge is 0.388 e. The lowest BCUT2D eigenvalue weighted by atomic mass is 10.0. The fourth-order valence-electron chi connectivity index (χ4n) is 2.04. The molecule has 2 aromatic rings.